The molecule has 1 aromatic carbocycles. The monoisotopic (exact) mass is 430 g/mol. The summed E-state index contributed by atoms with van der Waals surface area (Å²) in [5.74, 6) is 0.00811. The number of hydrogen-bond acceptors (Lipinski definition) is 5. The molecule has 1 aliphatic rings. The van der Waals surface area contributed by atoms with Gasteiger partial charge in [-0.3, -0.25) is 9.48 Å². The van der Waals surface area contributed by atoms with Crippen molar-refractivity contribution in [2.75, 3.05) is 27.2 Å². The van der Waals surface area contributed by atoms with Gasteiger partial charge < -0.3 is 19.7 Å². The summed E-state index contributed by atoms with van der Waals surface area (Å²) in [6.07, 6.45) is 3.71. The molecule has 2 heterocycles. The lowest BCUT2D eigenvalue weighted by atomic mass is 9.90. The van der Waals surface area contributed by atoms with Crippen LogP contribution in [0.3, 0.4) is 0 Å². The second-order valence-corrected chi connectivity index (χ2v) is 6.88. The largest absolute Gasteiger partial charge is 0.493 e. The summed E-state index contributed by atoms with van der Waals surface area (Å²) in [5.41, 5.74) is 1.70. The number of ether oxygens (including phenoxy) is 2. The van der Waals surface area contributed by atoms with Crippen LogP contribution in [0.2, 0.25) is 0 Å². The summed E-state index contributed by atoms with van der Waals surface area (Å²) in [6, 6.07) is 4.76. The molecule has 7 nitrogen and oxygen atoms in total. The van der Waals surface area contributed by atoms with Crippen LogP contribution in [0, 0.1) is 5.92 Å². The van der Waals surface area contributed by atoms with E-state index in [0.717, 1.165) is 5.56 Å². The van der Waals surface area contributed by atoms with Crippen molar-refractivity contribution in [2.45, 2.75) is 19.1 Å². The van der Waals surface area contributed by atoms with Gasteiger partial charge in [-0.2, -0.15) is 13.9 Å². The molecule has 0 aliphatic carbocycles. The fraction of sp³-hybridized carbons (Fsp3) is 0.474. The zero-order valence-electron chi connectivity index (χ0n) is 16.5. The first kappa shape index (κ1) is 22.9. The highest BCUT2D eigenvalue weighted by Crippen LogP contribution is 2.31. The van der Waals surface area contributed by atoms with E-state index in [2.05, 4.69) is 15.2 Å². The van der Waals surface area contributed by atoms with Crippen LogP contribution in [0.1, 0.15) is 17.0 Å². The van der Waals surface area contributed by atoms with Gasteiger partial charge in [-0.25, -0.2) is 0 Å². The van der Waals surface area contributed by atoms with Crippen molar-refractivity contribution in [3.63, 3.8) is 0 Å². The van der Waals surface area contributed by atoms with Gasteiger partial charge in [0, 0.05) is 45.8 Å². The van der Waals surface area contributed by atoms with Crippen LogP contribution in [0.5, 0.6) is 11.5 Å². The smallest absolute Gasteiger partial charge is 0.387 e. The van der Waals surface area contributed by atoms with E-state index in [9.17, 15) is 13.6 Å². The normalized spacial score (nSPS) is 18.4. The zero-order valence-corrected chi connectivity index (χ0v) is 17.3. The number of rotatable bonds is 7. The molecule has 1 fully saturated rings. The fourth-order valence-corrected chi connectivity index (χ4v) is 3.56. The molecule has 29 heavy (non-hydrogen) atoms. The Labute approximate surface area is 174 Å². The predicted molar refractivity (Wildman–Crippen MR) is 106 cm³/mol. The minimum absolute atomic E-state index is 0. The summed E-state index contributed by atoms with van der Waals surface area (Å²) in [7, 11) is 4.94. The quantitative estimate of drug-likeness (QED) is 0.730. The zero-order chi connectivity index (χ0) is 20.3. The fourth-order valence-electron chi connectivity index (χ4n) is 3.56. The van der Waals surface area contributed by atoms with Crippen molar-refractivity contribution in [3.8, 4) is 11.5 Å². The minimum atomic E-state index is -2.95. The number of benzene rings is 1. The molecule has 3 rings (SSSR count). The molecule has 10 heteroatoms. The van der Waals surface area contributed by atoms with Gasteiger partial charge in [-0.05, 0) is 23.3 Å². The minimum Gasteiger partial charge on any atom is -0.493 e. The van der Waals surface area contributed by atoms with Crippen LogP contribution in [-0.4, -0.2) is 54.4 Å². The number of alkyl halides is 2. The molecule has 1 aromatic heterocycles. The van der Waals surface area contributed by atoms with Gasteiger partial charge in [0.1, 0.15) is 0 Å². The molecule has 0 unspecified atom stereocenters. The molecule has 2 atom stereocenters. The maximum Gasteiger partial charge on any atom is 0.387 e. The number of carbonyl (C=O) groups is 1. The van der Waals surface area contributed by atoms with Gasteiger partial charge in [-0.15, -0.1) is 12.4 Å². The van der Waals surface area contributed by atoms with Crippen molar-refractivity contribution >= 4 is 18.3 Å². The molecule has 1 saturated heterocycles. The maximum absolute atomic E-state index is 13.0. The molecular weight excluding hydrogens is 406 g/mol. The van der Waals surface area contributed by atoms with Crippen molar-refractivity contribution < 1.29 is 23.0 Å². The van der Waals surface area contributed by atoms with E-state index in [0.29, 0.717) is 18.7 Å². The summed E-state index contributed by atoms with van der Waals surface area (Å²) in [5, 5.41) is 7.47. The van der Waals surface area contributed by atoms with E-state index in [-0.39, 0.29) is 48.2 Å². The van der Waals surface area contributed by atoms with Crippen LogP contribution >= 0.6 is 12.4 Å². The third-order valence-electron chi connectivity index (χ3n) is 4.92. The topological polar surface area (TPSA) is 68.6 Å². The highest BCUT2D eigenvalue weighted by Gasteiger charge is 2.36. The van der Waals surface area contributed by atoms with Crippen molar-refractivity contribution in [1.82, 2.24) is 20.0 Å². The molecule has 0 spiro atoms. The molecule has 1 amide bonds. The molecule has 0 bridgehead atoms. The molecule has 1 aliphatic heterocycles. The van der Waals surface area contributed by atoms with E-state index in [1.165, 1.54) is 13.2 Å². The summed E-state index contributed by atoms with van der Waals surface area (Å²) in [4.78, 5) is 14.6. The van der Waals surface area contributed by atoms with Gasteiger partial charge in [0.25, 0.3) is 0 Å². The molecule has 2 aromatic rings. The third kappa shape index (κ3) is 5.36. The number of aromatic nitrogens is 2. The van der Waals surface area contributed by atoms with Gasteiger partial charge in [0.2, 0.25) is 5.91 Å². The Balaban J connectivity index is 0.00000300. The Hall–Kier alpha value is -2.39. The molecular formula is C19H25ClF2N4O3. The second-order valence-electron chi connectivity index (χ2n) is 6.88. The highest BCUT2D eigenvalue weighted by molar-refractivity contribution is 5.85. The number of aryl methyl sites for hydroxylation is 1. The van der Waals surface area contributed by atoms with Gasteiger partial charge in [-0.1, -0.05) is 6.07 Å². The van der Waals surface area contributed by atoms with E-state index < -0.39 is 6.61 Å². The van der Waals surface area contributed by atoms with Crippen LogP contribution in [-0.2, 0) is 18.4 Å². The van der Waals surface area contributed by atoms with Gasteiger partial charge in [0.05, 0.1) is 19.2 Å². The van der Waals surface area contributed by atoms with E-state index in [1.807, 2.05) is 13.2 Å². The number of halogens is 3. The van der Waals surface area contributed by atoms with Crippen molar-refractivity contribution in [3.05, 3.63) is 41.7 Å². The summed E-state index contributed by atoms with van der Waals surface area (Å²) >= 11 is 0. The Morgan fingerprint density at radius 3 is 2.76 bits per heavy atom. The average Bonchev–Trinajstić information content (AvgIpc) is 3.29. The maximum atomic E-state index is 13.0. The number of carbonyl (C=O) groups excluding carboxylic acids is 1. The van der Waals surface area contributed by atoms with Crippen molar-refractivity contribution in [1.29, 1.82) is 0 Å². The van der Waals surface area contributed by atoms with E-state index in [1.54, 1.807) is 35.0 Å². The lowest BCUT2D eigenvalue weighted by molar-refractivity contribution is -0.134. The first-order chi connectivity index (χ1) is 13.4. The first-order valence-corrected chi connectivity index (χ1v) is 8.95. The number of amides is 1. The number of nitrogens with zero attached hydrogens (tertiary/aromatic N) is 3. The second kappa shape index (κ2) is 9.89. The Morgan fingerprint density at radius 1 is 1.38 bits per heavy atom. The van der Waals surface area contributed by atoms with Gasteiger partial charge >= 0.3 is 6.61 Å². The highest BCUT2D eigenvalue weighted by atomic mass is 35.5. The van der Waals surface area contributed by atoms with Crippen LogP contribution in [0.4, 0.5) is 8.78 Å². The van der Waals surface area contributed by atoms with E-state index in [4.69, 9.17) is 4.74 Å². The lowest BCUT2D eigenvalue weighted by Gasteiger charge is -2.24. The molecule has 0 saturated carbocycles. The van der Waals surface area contributed by atoms with Crippen LogP contribution in [0.25, 0.3) is 0 Å². The van der Waals surface area contributed by atoms with Gasteiger partial charge in [0.15, 0.2) is 11.5 Å². The van der Waals surface area contributed by atoms with Crippen LogP contribution in [0.15, 0.2) is 30.6 Å². The predicted octanol–water partition coefficient (Wildman–Crippen LogP) is 2.41. The first-order valence-electron chi connectivity index (χ1n) is 8.95. The number of methoxy groups -OCH3 is 1. The van der Waals surface area contributed by atoms with Crippen molar-refractivity contribution in [2.24, 2.45) is 13.0 Å². The SMILES string of the molecule is COc1ccc(CN(C)C(=O)[C@H]2CNC[C@@H]2c2cnn(C)c2)cc1OC(F)F.Cl. The Kier molecular flexibility index (Phi) is 7.80. The Bertz CT molecular complexity index is 834. The lowest BCUT2D eigenvalue weighted by Crippen LogP contribution is -2.35. The number of hydrogen-bond donors (Lipinski definition) is 1. The summed E-state index contributed by atoms with van der Waals surface area (Å²) < 4.78 is 36.5. The molecule has 0 radical (unpaired) electrons. The summed E-state index contributed by atoms with van der Waals surface area (Å²) in [6.45, 7) is -1.37. The number of nitrogens with one attached hydrogen (secondary N) is 1. The standard InChI is InChI=1S/C19H24F2N4O3.ClH/c1-24(10-12-4-5-16(27-3)17(6-12)28-19(20)21)18(26)15-9-22-8-14(15)13-7-23-25(2)11-13;/h4-7,11,14-15,19,22H,8-10H2,1-3H3;1H/t14-,15+;/m1./s1. The van der Waals surface area contributed by atoms with Crippen LogP contribution < -0.4 is 14.8 Å². The third-order valence-corrected chi connectivity index (χ3v) is 4.92. The molecule has 1 N–H and O–H groups in total. The molecule has 160 valence electrons. The van der Waals surface area contributed by atoms with E-state index >= 15 is 0 Å². The average molecular weight is 431 g/mol. The Morgan fingerprint density at radius 2 is 2.14 bits per heavy atom.